The zero-order valence-corrected chi connectivity index (χ0v) is 12.0. The highest BCUT2D eigenvalue weighted by molar-refractivity contribution is 5.30. The molecule has 5 heteroatoms. The van der Waals surface area contributed by atoms with Gasteiger partial charge in [-0.3, -0.25) is 0 Å². The van der Waals surface area contributed by atoms with Gasteiger partial charge in [0.2, 0.25) is 0 Å². The molecule has 2 rings (SSSR count). The van der Waals surface area contributed by atoms with Gasteiger partial charge in [0.1, 0.15) is 6.61 Å². The van der Waals surface area contributed by atoms with E-state index in [2.05, 4.69) is 18.8 Å². The number of nitrogens with two attached hydrogens (primary N) is 1. The lowest BCUT2D eigenvalue weighted by Crippen LogP contribution is -2.08. The monoisotopic (exact) mass is 277 g/mol. The van der Waals surface area contributed by atoms with Crippen molar-refractivity contribution in [3.63, 3.8) is 0 Å². The van der Waals surface area contributed by atoms with E-state index in [0.29, 0.717) is 6.04 Å². The SMILES string of the molecule is CC(C)n1cncc1COc1ccc([C@H](C)N)cc1F. The molecule has 0 bridgehead atoms. The molecule has 1 aromatic carbocycles. The van der Waals surface area contributed by atoms with E-state index in [1.807, 2.05) is 11.5 Å². The maximum Gasteiger partial charge on any atom is 0.165 e. The molecule has 1 aromatic heterocycles. The number of halogens is 1. The smallest absolute Gasteiger partial charge is 0.165 e. The minimum Gasteiger partial charge on any atom is -0.484 e. The van der Waals surface area contributed by atoms with Crippen molar-refractivity contribution in [2.45, 2.75) is 39.5 Å². The van der Waals surface area contributed by atoms with E-state index in [1.165, 1.54) is 6.07 Å². The van der Waals surface area contributed by atoms with E-state index in [4.69, 9.17) is 10.5 Å². The number of nitrogens with zero attached hydrogens (tertiary/aromatic N) is 2. The van der Waals surface area contributed by atoms with Gasteiger partial charge in [-0.2, -0.15) is 0 Å². The summed E-state index contributed by atoms with van der Waals surface area (Å²) in [5.41, 5.74) is 7.38. The Bertz CT molecular complexity index is 578. The molecular formula is C15H20FN3O. The summed E-state index contributed by atoms with van der Waals surface area (Å²) >= 11 is 0. The van der Waals surface area contributed by atoms with E-state index < -0.39 is 5.82 Å². The summed E-state index contributed by atoms with van der Waals surface area (Å²) in [5.74, 6) is -0.165. The van der Waals surface area contributed by atoms with Crippen LogP contribution < -0.4 is 10.5 Å². The third kappa shape index (κ3) is 3.17. The fraction of sp³-hybridized carbons (Fsp3) is 0.400. The zero-order chi connectivity index (χ0) is 14.7. The molecular weight excluding hydrogens is 257 g/mol. The summed E-state index contributed by atoms with van der Waals surface area (Å²) in [7, 11) is 0. The molecule has 0 aliphatic rings. The average molecular weight is 277 g/mol. The van der Waals surface area contributed by atoms with Gasteiger partial charge < -0.3 is 15.0 Å². The predicted octanol–water partition coefficient (Wildman–Crippen LogP) is 3.20. The van der Waals surface area contributed by atoms with Crippen molar-refractivity contribution in [3.05, 3.63) is 47.8 Å². The first kappa shape index (κ1) is 14.5. The Hall–Kier alpha value is -1.88. The number of benzene rings is 1. The second-order valence-corrected chi connectivity index (χ2v) is 5.15. The summed E-state index contributed by atoms with van der Waals surface area (Å²) in [6, 6.07) is 4.91. The Kier molecular flexibility index (Phi) is 4.39. The lowest BCUT2D eigenvalue weighted by Gasteiger charge is -2.13. The fourth-order valence-corrected chi connectivity index (χ4v) is 1.98. The largest absolute Gasteiger partial charge is 0.484 e. The molecule has 0 saturated heterocycles. The Balaban J connectivity index is 2.09. The van der Waals surface area contributed by atoms with Crippen LogP contribution in [0.3, 0.4) is 0 Å². The Labute approximate surface area is 118 Å². The quantitative estimate of drug-likeness (QED) is 0.913. The summed E-state index contributed by atoms with van der Waals surface area (Å²) < 4.78 is 21.4. The standard InChI is InChI=1S/C15H20FN3O/c1-10(2)19-9-18-7-13(19)8-20-15-5-4-12(11(3)17)6-14(15)16/h4-7,9-11H,8,17H2,1-3H3/t11-/m0/s1. The summed E-state index contributed by atoms with van der Waals surface area (Å²) in [6.07, 6.45) is 3.48. The Morgan fingerprint density at radius 3 is 2.70 bits per heavy atom. The van der Waals surface area contributed by atoms with Crippen LogP contribution in [0.2, 0.25) is 0 Å². The van der Waals surface area contributed by atoms with Gasteiger partial charge in [-0.1, -0.05) is 6.07 Å². The molecule has 0 fully saturated rings. The van der Waals surface area contributed by atoms with Crippen molar-refractivity contribution in [3.8, 4) is 5.75 Å². The third-order valence-electron chi connectivity index (χ3n) is 3.16. The number of aromatic nitrogens is 2. The Morgan fingerprint density at radius 1 is 1.35 bits per heavy atom. The molecule has 0 radical (unpaired) electrons. The minimum absolute atomic E-state index is 0.194. The van der Waals surface area contributed by atoms with Crippen LogP contribution in [0.1, 0.15) is 44.1 Å². The van der Waals surface area contributed by atoms with Crippen LogP contribution in [0, 0.1) is 5.82 Å². The van der Waals surface area contributed by atoms with Crippen LogP contribution in [0.4, 0.5) is 4.39 Å². The lowest BCUT2D eigenvalue weighted by atomic mass is 10.1. The van der Waals surface area contributed by atoms with Crippen LogP contribution in [0.5, 0.6) is 5.75 Å². The summed E-state index contributed by atoms with van der Waals surface area (Å²) in [4.78, 5) is 4.09. The topological polar surface area (TPSA) is 53.1 Å². The van der Waals surface area contributed by atoms with Gasteiger partial charge in [0.25, 0.3) is 0 Å². The van der Waals surface area contributed by atoms with E-state index in [0.717, 1.165) is 11.3 Å². The van der Waals surface area contributed by atoms with Gasteiger partial charge in [0.05, 0.1) is 18.2 Å². The van der Waals surface area contributed by atoms with Crippen molar-refractivity contribution in [2.75, 3.05) is 0 Å². The highest BCUT2D eigenvalue weighted by Crippen LogP contribution is 2.22. The molecule has 0 amide bonds. The van der Waals surface area contributed by atoms with E-state index in [1.54, 1.807) is 24.7 Å². The van der Waals surface area contributed by atoms with Crippen molar-refractivity contribution in [1.82, 2.24) is 9.55 Å². The van der Waals surface area contributed by atoms with E-state index >= 15 is 0 Å². The van der Waals surface area contributed by atoms with Gasteiger partial charge >= 0.3 is 0 Å². The second kappa shape index (κ2) is 6.05. The maximum atomic E-state index is 13.9. The maximum absolute atomic E-state index is 13.9. The summed E-state index contributed by atoms with van der Waals surface area (Å²) in [5, 5.41) is 0. The highest BCUT2D eigenvalue weighted by atomic mass is 19.1. The van der Waals surface area contributed by atoms with Gasteiger partial charge in [-0.05, 0) is 38.5 Å². The predicted molar refractivity (Wildman–Crippen MR) is 75.9 cm³/mol. The number of hydrogen-bond donors (Lipinski definition) is 1. The van der Waals surface area contributed by atoms with Gasteiger partial charge in [-0.15, -0.1) is 0 Å². The molecule has 4 nitrogen and oxygen atoms in total. The number of rotatable bonds is 5. The van der Waals surface area contributed by atoms with E-state index in [9.17, 15) is 4.39 Å². The molecule has 0 aliphatic heterocycles. The first-order valence-electron chi connectivity index (χ1n) is 6.67. The van der Waals surface area contributed by atoms with Crippen LogP contribution in [-0.4, -0.2) is 9.55 Å². The first-order chi connectivity index (χ1) is 9.49. The number of imidazole rings is 1. The van der Waals surface area contributed by atoms with Crippen LogP contribution in [-0.2, 0) is 6.61 Å². The molecule has 1 heterocycles. The molecule has 0 spiro atoms. The molecule has 2 aromatic rings. The van der Waals surface area contributed by atoms with Crippen molar-refractivity contribution < 1.29 is 9.13 Å². The fourth-order valence-electron chi connectivity index (χ4n) is 1.98. The first-order valence-corrected chi connectivity index (χ1v) is 6.67. The van der Waals surface area contributed by atoms with Gasteiger partial charge in [0, 0.05) is 12.1 Å². The molecule has 108 valence electrons. The van der Waals surface area contributed by atoms with Crippen molar-refractivity contribution in [2.24, 2.45) is 5.73 Å². The van der Waals surface area contributed by atoms with Crippen LogP contribution >= 0.6 is 0 Å². The van der Waals surface area contributed by atoms with Crippen molar-refractivity contribution in [1.29, 1.82) is 0 Å². The molecule has 0 aliphatic carbocycles. The number of ether oxygens (including phenoxy) is 1. The van der Waals surface area contributed by atoms with Gasteiger partial charge in [0.15, 0.2) is 11.6 Å². The third-order valence-corrected chi connectivity index (χ3v) is 3.16. The van der Waals surface area contributed by atoms with Gasteiger partial charge in [-0.25, -0.2) is 9.37 Å². The molecule has 0 saturated carbocycles. The molecule has 2 N–H and O–H groups in total. The lowest BCUT2D eigenvalue weighted by molar-refractivity contribution is 0.277. The normalized spacial score (nSPS) is 12.7. The minimum atomic E-state index is -0.393. The molecule has 1 atom stereocenters. The molecule has 20 heavy (non-hydrogen) atoms. The number of hydrogen-bond acceptors (Lipinski definition) is 3. The second-order valence-electron chi connectivity index (χ2n) is 5.15. The highest BCUT2D eigenvalue weighted by Gasteiger charge is 2.10. The van der Waals surface area contributed by atoms with Crippen LogP contribution in [0.15, 0.2) is 30.7 Å². The van der Waals surface area contributed by atoms with Crippen molar-refractivity contribution >= 4 is 0 Å². The van der Waals surface area contributed by atoms with Crippen LogP contribution in [0.25, 0.3) is 0 Å². The average Bonchev–Trinajstić information content (AvgIpc) is 2.85. The molecule has 0 unspecified atom stereocenters. The Morgan fingerprint density at radius 2 is 2.10 bits per heavy atom. The van der Waals surface area contributed by atoms with E-state index in [-0.39, 0.29) is 18.4 Å². The summed E-state index contributed by atoms with van der Waals surface area (Å²) in [6.45, 7) is 6.22. The zero-order valence-electron chi connectivity index (χ0n) is 12.0.